The van der Waals surface area contributed by atoms with Gasteiger partial charge in [-0.15, -0.1) is 35.3 Å². The van der Waals surface area contributed by atoms with Crippen molar-refractivity contribution in [2.75, 3.05) is 52.5 Å². The number of nitrogens with zero attached hydrogens (tertiary/aromatic N) is 2. The van der Waals surface area contributed by atoms with Gasteiger partial charge in [0.25, 0.3) is 0 Å². The maximum atomic E-state index is 11.7. The van der Waals surface area contributed by atoms with Gasteiger partial charge in [0.1, 0.15) is 5.60 Å². The van der Waals surface area contributed by atoms with Gasteiger partial charge in [0.2, 0.25) is 0 Å². The van der Waals surface area contributed by atoms with Gasteiger partial charge in [0.05, 0.1) is 25.8 Å². The van der Waals surface area contributed by atoms with E-state index in [4.69, 9.17) is 14.5 Å². The van der Waals surface area contributed by atoms with Gasteiger partial charge in [-0.1, -0.05) is 6.07 Å². The second-order valence-corrected chi connectivity index (χ2v) is 8.73. The third-order valence-electron chi connectivity index (χ3n) is 4.21. The highest BCUT2D eigenvalue weighted by Crippen LogP contribution is 2.26. The monoisotopic (exact) mass is 553 g/mol. The van der Waals surface area contributed by atoms with Crippen molar-refractivity contribution in [3.63, 3.8) is 0 Å². The maximum absolute atomic E-state index is 11.7. The fourth-order valence-electron chi connectivity index (χ4n) is 2.93. The smallest absolute Gasteiger partial charge is 0.407 e. The lowest BCUT2D eigenvalue weighted by Crippen LogP contribution is -2.43. The summed E-state index contributed by atoms with van der Waals surface area (Å²) in [4.78, 5) is 20.3. The Morgan fingerprint density at radius 2 is 1.97 bits per heavy atom. The molecule has 2 rings (SSSR count). The normalized spacial score (nSPS) is 16.3. The summed E-state index contributed by atoms with van der Waals surface area (Å²) in [5.74, 6) is 0.744. The number of amides is 1. The van der Waals surface area contributed by atoms with Crippen molar-refractivity contribution in [1.82, 2.24) is 20.9 Å². The first-order chi connectivity index (χ1) is 13.9. The topological polar surface area (TPSA) is 87.2 Å². The minimum Gasteiger partial charge on any atom is -0.444 e. The Hall–Kier alpha value is -1.11. The molecular formula is C20H36IN5O3S. The molecule has 1 aromatic rings. The summed E-state index contributed by atoms with van der Waals surface area (Å²) < 4.78 is 10.7. The van der Waals surface area contributed by atoms with E-state index in [1.165, 1.54) is 4.88 Å². The SMILES string of the molecule is CCNC(=NCC(c1cccs1)N1CCOCC1)NCCNC(=O)OC(C)(C)C.I. The number of thiophene rings is 1. The zero-order valence-electron chi connectivity index (χ0n) is 18.4. The van der Waals surface area contributed by atoms with E-state index in [1.54, 1.807) is 11.3 Å². The van der Waals surface area contributed by atoms with E-state index < -0.39 is 11.7 Å². The lowest BCUT2D eigenvalue weighted by molar-refractivity contribution is 0.0186. The van der Waals surface area contributed by atoms with Crippen LogP contribution in [0.4, 0.5) is 4.79 Å². The van der Waals surface area contributed by atoms with Crippen molar-refractivity contribution in [2.45, 2.75) is 39.3 Å². The van der Waals surface area contributed by atoms with E-state index in [9.17, 15) is 4.79 Å². The van der Waals surface area contributed by atoms with Crippen molar-refractivity contribution in [3.8, 4) is 0 Å². The van der Waals surface area contributed by atoms with Crippen LogP contribution in [-0.4, -0.2) is 75.0 Å². The summed E-state index contributed by atoms with van der Waals surface area (Å²) in [6, 6.07) is 4.50. The summed E-state index contributed by atoms with van der Waals surface area (Å²) in [6.45, 7) is 13.4. The Balaban J connectivity index is 0.00000450. The standard InChI is InChI=1S/C20H35N5O3S.HI/c1-5-21-18(22-8-9-23-19(26)28-20(2,3)4)24-15-16(17-7-6-14-29-17)25-10-12-27-13-11-25;/h6-7,14,16H,5,8-13,15H2,1-4H3,(H,23,26)(H2,21,22,24);1H. The Labute approximate surface area is 201 Å². The second-order valence-electron chi connectivity index (χ2n) is 7.75. The Bertz CT molecular complexity index is 631. The molecule has 1 aliphatic heterocycles. The van der Waals surface area contributed by atoms with Crippen LogP contribution in [0.2, 0.25) is 0 Å². The molecule has 0 bridgehead atoms. The molecule has 3 N–H and O–H groups in total. The summed E-state index contributed by atoms with van der Waals surface area (Å²) in [5.41, 5.74) is -0.496. The average Bonchev–Trinajstić information content (AvgIpc) is 3.19. The fraction of sp³-hybridized carbons (Fsp3) is 0.700. The third kappa shape index (κ3) is 10.3. The minimum absolute atomic E-state index is 0. The molecule has 1 aromatic heterocycles. The Morgan fingerprint density at radius 1 is 1.27 bits per heavy atom. The van der Waals surface area contributed by atoms with E-state index in [2.05, 4.69) is 38.4 Å². The molecule has 1 unspecified atom stereocenters. The summed E-state index contributed by atoms with van der Waals surface area (Å²) in [6.07, 6.45) is -0.411. The predicted octanol–water partition coefficient (Wildman–Crippen LogP) is 2.82. The van der Waals surface area contributed by atoms with Gasteiger partial charge >= 0.3 is 6.09 Å². The van der Waals surface area contributed by atoms with Crippen LogP contribution >= 0.6 is 35.3 Å². The highest BCUT2D eigenvalue weighted by Gasteiger charge is 2.23. The summed E-state index contributed by atoms with van der Waals surface area (Å²) in [5, 5.41) is 11.4. The zero-order valence-corrected chi connectivity index (χ0v) is 21.5. The summed E-state index contributed by atoms with van der Waals surface area (Å²) >= 11 is 1.76. The number of aliphatic imine (C=N–C) groups is 1. The van der Waals surface area contributed by atoms with Crippen LogP contribution in [0.1, 0.15) is 38.6 Å². The molecule has 0 aliphatic carbocycles. The number of carbonyl (C=O) groups excluding carboxylic acids is 1. The van der Waals surface area contributed by atoms with E-state index in [0.29, 0.717) is 19.6 Å². The number of hydrogen-bond donors (Lipinski definition) is 3. The molecule has 172 valence electrons. The quantitative estimate of drug-likeness (QED) is 0.199. The van der Waals surface area contributed by atoms with Crippen molar-refractivity contribution in [3.05, 3.63) is 22.4 Å². The van der Waals surface area contributed by atoms with Gasteiger partial charge < -0.3 is 25.4 Å². The lowest BCUT2D eigenvalue weighted by atomic mass is 10.2. The molecule has 0 saturated carbocycles. The van der Waals surface area contributed by atoms with E-state index >= 15 is 0 Å². The van der Waals surface area contributed by atoms with Gasteiger partial charge in [0.15, 0.2) is 5.96 Å². The zero-order chi connectivity index (χ0) is 21.1. The molecule has 0 spiro atoms. The molecule has 1 amide bonds. The van der Waals surface area contributed by atoms with Crippen LogP contribution < -0.4 is 16.0 Å². The molecule has 1 atom stereocenters. The van der Waals surface area contributed by atoms with Crippen LogP contribution in [0, 0.1) is 0 Å². The largest absolute Gasteiger partial charge is 0.444 e. The summed E-state index contributed by atoms with van der Waals surface area (Å²) in [7, 11) is 0. The number of ether oxygens (including phenoxy) is 2. The van der Waals surface area contributed by atoms with Crippen LogP contribution in [-0.2, 0) is 9.47 Å². The van der Waals surface area contributed by atoms with Crippen LogP contribution in [0.5, 0.6) is 0 Å². The van der Waals surface area contributed by atoms with Crippen LogP contribution in [0.3, 0.4) is 0 Å². The first-order valence-corrected chi connectivity index (χ1v) is 11.1. The van der Waals surface area contributed by atoms with Gasteiger partial charge in [-0.3, -0.25) is 9.89 Å². The second kappa shape index (κ2) is 14.0. The van der Waals surface area contributed by atoms with Gasteiger partial charge in [-0.05, 0) is 39.1 Å². The van der Waals surface area contributed by atoms with Crippen LogP contribution in [0.25, 0.3) is 0 Å². The molecule has 1 saturated heterocycles. The van der Waals surface area contributed by atoms with Gasteiger partial charge in [0, 0.05) is 37.6 Å². The highest BCUT2D eigenvalue weighted by atomic mass is 127. The van der Waals surface area contributed by atoms with Gasteiger partial charge in [-0.25, -0.2) is 4.79 Å². The van der Waals surface area contributed by atoms with E-state index in [1.807, 2.05) is 27.7 Å². The predicted molar refractivity (Wildman–Crippen MR) is 133 cm³/mol. The molecule has 10 heteroatoms. The molecule has 1 aliphatic rings. The first kappa shape index (κ1) is 26.9. The van der Waals surface area contributed by atoms with Crippen molar-refractivity contribution >= 4 is 47.4 Å². The number of alkyl carbamates (subject to hydrolysis) is 1. The van der Waals surface area contributed by atoms with Crippen molar-refractivity contribution in [2.24, 2.45) is 4.99 Å². The highest BCUT2D eigenvalue weighted by molar-refractivity contribution is 14.0. The molecule has 0 radical (unpaired) electrons. The minimum atomic E-state index is -0.496. The van der Waals surface area contributed by atoms with E-state index in [-0.39, 0.29) is 30.0 Å². The number of morpholine rings is 1. The molecule has 8 nitrogen and oxygen atoms in total. The third-order valence-corrected chi connectivity index (χ3v) is 5.18. The van der Waals surface area contributed by atoms with E-state index in [0.717, 1.165) is 38.8 Å². The van der Waals surface area contributed by atoms with Crippen molar-refractivity contribution < 1.29 is 14.3 Å². The molecule has 1 fully saturated rings. The Kier molecular flexibility index (Phi) is 12.6. The lowest BCUT2D eigenvalue weighted by Gasteiger charge is -2.33. The van der Waals surface area contributed by atoms with Crippen molar-refractivity contribution in [1.29, 1.82) is 0 Å². The van der Waals surface area contributed by atoms with Crippen LogP contribution in [0.15, 0.2) is 22.5 Å². The van der Waals surface area contributed by atoms with Gasteiger partial charge in [-0.2, -0.15) is 0 Å². The number of nitrogens with one attached hydrogen (secondary N) is 3. The number of rotatable bonds is 8. The number of guanidine groups is 1. The fourth-order valence-corrected chi connectivity index (χ4v) is 3.79. The molecule has 2 heterocycles. The average molecular weight is 554 g/mol. The first-order valence-electron chi connectivity index (χ1n) is 10.2. The molecule has 0 aromatic carbocycles. The maximum Gasteiger partial charge on any atom is 0.407 e. The molecule has 30 heavy (non-hydrogen) atoms. The number of carbonyl (C=O) groups is 1. The number of hydrogen-bond acceptors (Lipinski definition) is 6. The molecular weight excluding hydrogens is 517 g/mol. The Morgan fingerprint density at radius 3 is 2.57 bits per heavy atom. The number of halogens is 1.